The summed E-state index contributed by atoms with van der Waals surface area (Å²) < 4.78 is 1.73. The van der Waals surface area contributed by atoms with Crippen LogP contribution in [0.1, 0.15) is 0 Å². The molecule has 4 rings (SSSR count). The third-order valence-electron chi connectivity index (χ3n) is 3.74. The van der Waals surface area contributed by atoms with Gasteiger partial charge in [-0.3, -0.25) is 14.3 Å². The predicted octanol–water partition coefficient (Wildman–Crippen LogP) is 3.49. The molecule has 0 unspecified atom stereocenters. The van der Waals surface area contributed by atoms with E-state index in [1.54, 1.807) is 47.0 Å². The Balaban J connectivity index is 2.25. The van der Waals surface area contributed by atoms with E-state index in [4.69, 9.17) is 23.2 Å². The molecule has 0 radical (unpaired) electrons. The quantitative estimate of drug-likeness (QED) is 0.530. The van der Waals surface area contributed by atoms with Crippen molar-refractivity contribution in [2.24, 2.45) is 0 Å². The molecule has 7 heteroatoms. The van der Waals surface area contributed by atoms with E-state index < -0.39 is 11.2 Å². The van der Waals surface area contributed by atoms with Gasteiger partial charge in [-0.25, -0.2) is 4.79 Å². The molecular weight excluding hydrogens is 349 g/mol. The molecule has 2 aliphatic rings. The van der Waals surface area contributed by atoms with Crippen molar-refractivity contribution in [1.29, 1.82) is 0 Å². The maximum atomic E-state index is 12.2. The van der Waals surface area contributed by atoms with Crippen LogP contribution in [0.2, 0.25) is 10.0 Å². The molecule has 5 nitrogen and oxygen atoms in total. The van der Waals surface area contributed by atoms with E-state index >= 15 is 0 Å². The lowest BCUT2D eigenvalue weighted by Crippen LogP contribution is -2.27. The van der Waals surface area contributed by atoms with Gasteiger partial charge in [0, 0.05) is 15.7 Å². The van der Waals surface area contributed by atoms with Crippen molar-refractivity contribution in [3.05, 3.63) is 79.4 Å². The first kappa shape index (κ1) is 14.9. The van der Waals surface area contributed by atoms with E-state index in [0.29, 0.717) is 15.6 Å². The third kappa shape index (κ3) is 2.38. The highest BCUT2D eigenvalue weighted by atomic mass is 35.5. The molecular formula is C17H9Cl2N3O2. The Morgan fingerprint density at radius 1 is 0.917 bits per heavy atom. The minimum atomic E-state index is -0.698. The lowest BCUT2D eigenvalue weighted by atomic mass is 10.1. The highest BCUT2D eigenvalue weighted by Crippen LogP contribution is 2.29. The van der Waals surface area contributed by atoms with Gasteiger partial charge >= 0.3 is 5.69 Å². The van der Waals surface area contributed by atoms with Crippen molar-refractivity contribution in [1.82, 2.24) is 14.5 Å². The first-order valence-electron chi connectivity index (χ1n) is 7.04. The summed E-state index contributed by atoms with van der Waals surface area (Å²) in [4.78, 5) is 30.1. The number of fused-ring (bicyclic) bond motifs is 2. The SMILES string of the molecule is O=c1nc2n(-c3ccc(Cl)cc3)c3cc(Cl)ccc3cc-2c(=O)[nH]1. The van der Waals surface area contributed by atoms with Crippen LogP contribution in [0.15, 0.2) is 58.1 Å². The number of aromatic nitrogens is 3. The standard InChI is InChI=1S/C17H9Cl2N3O2/c18-10-3-5-12(6-4-10)22-14-8-11(19)2-1-9(14)7-13-15(22)20-17(24)21-16(13)23/h1-8H,(H,21,23,24). The van der Waals surface area contributed by atoms with Crippen LogP contribution in [0.25, 0.3) is 28.0 Å². The molecule has 0 fully saturated rings. The monoisotopic (exact) mass is 357 g/mol. The highest BCUT2D eigenvalue weighted by Gasteiger charge is 2.18. The molecule has 0 saturated carbocycles. The van der Waals surface area contributed by atoms with Crippen LogP contribution in [-0.2, 0) is 0 Å². The van der Waals surface area contributed by atoms with E-state index in [2.05, 4.69) is 9.97 Å². The second-order valence-corrected chi connectivity index (χ2v) is 6.14. The number of H-pyrrole nitrogens is 1. The van der Waals surface area contributed by atoms with Crippen molar-refractivity contribution >= 4 is 34.1 Å². The number of hydrogen-bond acceptors (Lipinski definition) is 3. The minimum absolute atomic E-state index is 0.265. The van der Waals surface area contributed by atoms with Crippen LogP contribution in [0.5, 0.6) is 0 Å². The summed E-state index contributed by atoms with van der Waals surface area (Å²) in [6, 6.07) is 14.0. The van der Waals surface area contributed by atoms with Crippen molar-refractivity contribution in [3.63, 3.8) is 0 Å². The molecule has 2 aromatic carbocycles. The first-order chi connectivity index (χ1) is 11.5. The van der Waals surface area contributed by atoms with Gasteiger partial charge in [0.2, 0.25) is 0 Å². The van der Waals surface area contributed by atoms with Gasteiger partial charge in [0.15, 0.2) is 5.82 Å². The van der Waals surface area contributed by atoms with Gasteiger partial charge in [0.05, 0.1) is 11.1 Å². The van der Waals surface area contributed by atoms with Crippen molar-refractivity contribution < 1.29 is 0 Å². The molecule has 0 spiro atoms. The van der Waals surface area contributed by atoms with Gasteiger partial charge in [-0.05, 0) is 47.9 Å². The van der Waals surface area contributed by atoms with Crippen molar-refractivity contribution in [2.75, 3.05) is 0 Å². The Labute approximate surface area is 145 Å². The Hall–Kier alpha value is -2.63. The zero-order chi connectivity index (χ0) is 16.8. The maximum absolute atomic E-state index is 12.2. The van der Waals surface area contributed by atoms with Gasteiger partial charge < -0.3 is 0 Å². The van der Waals surface area contributed by atoms with E-state index in [-0.39, 0.29) is 5.82 Å². The van der Waals surface area contributed by atoms with E-state index in [1.165, 1.54) is 0 Å². The zero-order valence-electron chi connectivity index (χ0n) is 12.1. The third-order valence-corrected chi connectivity index (χ3v) is 4.23. The molecule has 0 aromatic heterocycles. The Bertz CT molecular complexity index is 1160. The number of nitrogens with one attached hydrogen (secondary N) is 1. The summed E-state index contributed by atoms with van der Waals surface area (Å²) >= 11 is 12.1. The number of hydrogen-bond donors (Lipinski definition) is 1. The summed E-state index contributed by atoms with van der Waals surface area (Å²) in [6.45, 7) is 0. The number of halogens is 2. The summed E-state index contributed by atoms with van der Waals surface area (Å²) in [7, 11) is 0. The fourth-order valence-corrected chi connectivity index (χ4v) is 3.00. The average Bonchev–Trinajstić information content (AvgIpc) is 2.54. The van der Waals surface area contributed by atoms with Crippen LogP contribution in [0.3, 0.4) is 0 Å². The topological polar surface area (TPSA) is 67.8 Å². The Morgan fingerprint density at radius 3 is 2.38 bits per heavy atom. The Morgan fingerprint density at radius 2 is 1.62 bits per heavy atom. The molecule has 0 atom stereocenters. The molecule has 2 heterocycles. The van der Waals surface area contributed by atoms with Gasteiger partial charge in [-0.1, -0.05) is 29.3 Å². The summed E-state index contributed by atoms with van der Waals surface area (Å²) in [6.07, 6.45) is 0. The van der Waals surface area contributed by atoms with Gasteiger partial charge in [-0.2, -0.15) is 4.98 Å². The number of pyridine rings is 1. The van der Waals surface area contributed by atoms with Crippen LogP contribution in [0.4, 0.5) is 0 Å². The van der Waals surface area contributed by atoms with Crippen molar-refractivity contribution in [3.8, 4) is 17.1 Å². The molecule has 24 heavy (non-hydrogen) atoms. The number of rotatable bonds is 1. The van der Waals surface area contributed by atoms with E-state index in [9.17, 15) is 9.59 Å². The van der Waals surface area contributed by atoms with E-state index in [0.717, 1.165) is 16.6 Å². The van der Waals surface area contributed by atoms with Crippen molar-refractivity contribution in [2.45, 2.75) is 0 Å². The average molecular weight is 358 g/mol. The fourth-order valence-electron chi connectivity index (χ4n) is 2.70. The van der Waals surface area contributed by atoms with Gasteiger partial charge in [-0.15, -0.1) is 0 Å². The summed E-state index contributed by atoms with van der Waals surface area (Å²) in [5, 5.41) is 1.92. The normalized spacial score (nSPS) is 11.2. The largest absolute Gasteiger partial charge is 0.349 e. The van der Waals surface area contributed by atoms with Gasteiger partial charge in [0.1, 0.15) is 0 Å². The summed E-state index contributed by atoms with van der Waals surface area (Å²) in [5.74, 6) is 0.265. The lowest BCUT2D eigenvalue weighted by molar-refractivity contribution is 0.960. The second-order valence-electron chi connectivity index (χ2n) is 5.27. The second kappa shape index (κ2) is 5.47. The van der Waals surface area contributed by atoms with Gasteiger partial charge in [0.25, 0.3) is 5.56 Å². The smallest absolute Gasteiger partial charge is 0.294 e. The number of aromatic amines is 1. The molecule has 1 N–H and O–H groups in total. The first-order valence-corrected chi connectivity index (χ1v) is 7.80. The highest BCUT2D eigenvalue weighted by molar-refractivity contribution is 6.31. The van der Waals surface area contributed by atoms with Crippen LogP contribution >= 0.6 is 23.2 Å². The lowest BCUT2D eigenvalue weighted by Gasteiger charge is -2.17. The zero-order valence-corrected chi connectivity index (χ0v) is 13.6. The molecule has 2 aromatic rings. The maximum Gasteiger partial charge on any atom is 0.349 e. The predicted molar refractivity (Wildman–Crippen MR) is 94.6 cm³/mol. The molecule has 0 bridgehead atoms. The number of nitrogens with zero attached hydrogens (tertiary/aromatic N) is 2. The molecule has 2 aliphatic heterocycles. The molecule has 0 aliphatic carbocycles. The Kier molecular flexibility index (Phi) is 3.40. The van der Waals surface area contributed by atoms with Crippen LogP contribution < -0.4 is 11.2 Å². The van der Waals surface area contributed by atoms with E-state index in [1.807, 2.05) is 6.07 Å². The molecule has 0 saturated heterocycles. The summed E-state index contributed by atoms with van der Waals surface area (Å²) in [5.41, 5.74) is 0.588. The molecule has 0 amide bonds. The molecule has 118 valence electrons. The minimum Gasteiger partial charge on any atom is -0.294 e. The number of benzene rings is 2. The van der Waals surface area contributed by atoms with Crippen LogP contribution in [0, 0.1) is 0 Å². The fraction of sp³-hybridized carbons (Fsp3) is 0. The van der Waals surface area contributed by atoms with Crippen LogP contribution in [-0.4, -0.2) is 14.5 Å².